The van der Waals surface area contributed by atoms with Crippen LogP contribution in [0, 0.1) is 11.7 Å². The summed E-state index contributed by atoms with van der Waals surface area (Å²) >= 11 is 5.96. The Kier molecular flexibility index (Phi) is 4.37. The zero-order valence-corrected chi connectivity index (χ0v) is 10.5. The molecule has 0 spiro atoms. The molecule has 0 heterocycles. The highest BCUT2D eigenvalue weighted by Gasteiger charge is 2.25. The summed E-state index contributed by atoms with van der Waals surface area (Å²) in [4.78, 5) is 0. The van der Waals surface area contributed by atoms with E-state index in [1.54, 1.807) is 6.07 Å². The van der Waals surface area contributed by atoms with Gasteiger partial charge < -0.3 is 0 Å². The van der Waals surface area contributed by atoms with Gasteiger partial charge >= 0.3 is 0 Å². The summed E-state index contributed by atoms with van der Waals surface area (Å²) in [5.41, 5.74) is 3.69. The van der Waals surface area contributed by atoms with Crippen LogP contribution >= 0.6 is 11.6 Å². The van der Waals surface area contributed by atoms with Gasteiger partial charge in [-0.15, -0.1) is 0 Å². The SMILES string of the molecule is NNC(Cc1cccc(F)c1Cl)C1CCCC1. The highest BCUT2D eigenvalue weighted by Crippen LogP contribution is 2.30. The average molecular weight is 257 g/mol. The highest BCUT2D eigenvalue weighted by atomic mass is 35.5. The summed E-state index contributed by atoms with van der Waals surface area (Å²) < 4.78 is 13.3. The lowest BCUT2D eigenvalue weighted by Gasteiger charge is -2.23. The summed E-state index contributed by atoms with van der Waals surface area (Å²) in [5, 5.41) is 0.228. The molecule has 0 radical (unpaired) electrons. The van der Waals surface area contributed by atoms with Gasteiger partial charge in [0, 0.05) is 6.04 Å². The third-order valence-electron chi connectivity index (χ3n) is 3.65. The molecule has 0 saturated heterocycles. The zero-order valence-electron chi connectivity index (χ0n) is 9.76. The molecule has 1 saturated carbocycles. The van der Waals surface area contributed by atoms with Crippen LogP contribution in [-0.2, 0) is 6.42 Å². The van der Waals surface area contributed by atoms with Gasteiger partial charge in [-0.05, 0) is 36.8 Å². The number of hydrogen-bond donors (Lipinski definition) is 2. The van der Waals surface area contributed by atoms with Gasteiger partial charge in [0.1, 0.15) is 5.82 Å². The molecule has 4 heteroatoms. The van der Waals surface area contributed by atoms with Crippen molar-refractivity contribution in [3.8, 4) is 0 Å². The average Bonchev–Trinajstić information content (AvgIpc) is 2.85. The van der Waals surface area contributed by atoms with Crippen LogP contribution in [0.1, 0.15) is 31.2 Å². The maximum atomic E-state index is 13.3. The van der Waals surface area contributed by atoms with E-state index < -0.39 is 0 Å². The van der Waals surface area contributed by atoms with Crippen molar-refractivity contribution in [2.45, 2.75) is 38.1 Å². The van der Waals surface area contributed by atoms with E-state index in [0.717, 1.165) is 5.56 Å². The summed E-state index contributed by atoms with van der Waals surface area (Å²) in [6.45, 7) is 0. The van der Waals surface area contributed by atoms with Crippen LogP contribution in [0.3, 0.4) is 0 Å². The second-order valence-electron chi connectivity index (χ2n) is 4.73. The number of hydrazine groups is 1. The summed E-state index contributed by atoms with van der Waals surface area (Å²) in [6, 6.07) is 5.13. The van der Waals surface area contributed by atoms with Crippen LogP contribution < -0.4 is 11.3 Å². The maximum Gasteiger partial charge on any atom is 0.142 e. The zero-order chi connectivity index (χ0) is 12.3. The Morgan fingerprint density at radius 2 is 2.12 bits per heavy atom. The van der Waals surface area contributed by atoms with Gasteiger partial charge in [-0.3, -0.25) is 11.3 Å². The topological polar surface area (TPSA) is 38.0 Å². The van der Waals surface area contributed by atoms with Crippen molar-refractivity contribution in [3.05, 3.63) is 34.6 Å². The minimum Gasteiger partial charge on any atom is -0.271 e. The fourth-order valence-corrected chi connectivity index (χ4v) is 2.87. The van der Waals surface area contributed by atoms with E-state index in [4.69, 9.17) is 17.4 Å². The second-order valence-corrected chi connectivity index (χ2v) is 5.11. The van der Waals surface area contributed by atoms with Crippen LogP contribution in [0.25, 0.3) is 0 Å². The molecule has 1 aromatic carbocycles. The van der Waals surface area contributed by atoms with Crippen molar-refractivity contribution in [2.24, 2.45) is 11.8 Å². The number of halogens is 2. The fourth-order valence-electron chi connectivity index (χ4n) is 2.66. The molecule has 1 fully saturated rings. The van der Waals surface area contributed by atoms with Crippen molar-refractivity contribution in [1.82, 2.24) is 5.43 Å². The molecule has 0 amide bonds. The Bertz CT molecular complexity index is 378. The molecule has 2 nitrogen and oxygen atoms in total. The summed E-state index contributed by atoms with van der Waals surface area (Å²) in [6.07, 6.45) is 5.61. The summed E-state index contributed by atoms with van der Waals surface area (Å²) in [5.74, 6) is 5.83. The fraction of sp³-hybridized carbons (Fsp3) is 0.538. The van der Waals surface area contributed by atoms with E-state index in [0.29, 0.717) is 12.3 Å². The first-order valence-corrected chi connectivity index (χ1v) is 6.49. The van der Waals surface area contributed by atoms with Crippen molar-refractivity contribution in [3.63, 3.8) is 0 Å². The lowest BCUT2D eigenvalue weighted by molar-refractivity contribution is 0.361. The lowest BCUT2D eigenvalue weighted by atomic mass is 9.92. The molecule has 1 atom stereocenters. The Morgan fingerprint density at radius 3 is 2.76 bits per heavy atom. The highest BCUT2D eigenvalue weighted by molar-refractivity contribution is 6.31. The van der Waals surface area contributed by atoms with E-state index in [-0.39, 0.29) is 16.9 Å². The van der Waals surface area contributed by atoms with Crippen LogP contribution in [0.15, 0.2) is 18.2 Å². The Labute approximate surface area is 106 Å². The smallest absolute Gasteiger partial charge is 0.142 e. The van der Waals surface area contributed by atoms with E-state index >= 15 is 0 Å². The molecule has 0 aromatic heterocycles. The van der Waals surface area contributed by atoms with Gasteiger partial charge in [0.05, 0.1) is 5.02 Å². The number of benzene rings is 1. The minimum atomic E-state index is -0.355. The van der Waals surface area contributed by atoms with Crippen LogP contribution in [0.4, 0.5) is 4.39 Å². The largest absolute Gasteiger partial charge is 0.271 e. The summed E-state index contributed by atoms with van der Waals surface area (Å²) in [7, 11) is 0. The van der Waals surface area contributed by atoms with Gasteiger partial charge in [-0.25, -0.2) is 4.39 Å². The lowest BCUT2D eigenvalue weighted by Crippen LogP contribution is -2.41. The third-order valence-corrected chi connectivity index (χ3v) is 4.08. The molecule has 1 aromatic rings. The van der Waals surface area contributed by atoms with Crippen LogP contribution in [-0.4, -0.2) is 6.04 Å². The molecule has 0 bridgehead atoms. The monoisotopic (exact) mass is 256 g/mol. The molecule has 1 aliphatic rings. The van der Waals surface area contributed by atoms with Gasteiger partial charge in [-0.1, -0.05) is 36.6 Å². The van der Waals surface area contributed by atoms with E-state index in [2.05, 4.69) is 5.43 Å². The van der Waals surface area contributed by atoms with Crippen molar-refractivity contribution >= 4 is 11.6 Å². The Hall–Kier alpha value is -0.640. The first kappa shape index (κ1) is 12.8. The van der Waals surface area contributed by atoms with E-state index in [1.165, 1.54) is 31.7 Å². The van der Waals surface area contributed by atoms with Crippen molar-refractivity contribution in [2.75, 3.05) is 0 Å². The number of rotatable bonds is 4. The number of nitrogens with one attached hydrogen (secondary N) is 1. The number of nitrogens with two attached hydrogens (primary N) is 1. The molecule has 0 aliphatic heterocycles. The van der Waals surface area contributed by atoms with Gasteiger partial charge in [-0.2, -0.15) is 0 Å². The first-order valence-electron chi connectivity index (χ1n) is 6.11. The molecular formula is C13H18ClFN2. The predicted octanol–water partition coefficient (Wildman–Crippen LogP) is 3.04. The minimum absolute atomic E-state index is 0.191. The van der Waals surface area contributed by atoms with Gasteiger partial charge in [0.2, 0.25) is 0 Å². The molecule has 1 aliphatic carbocycles. The molecule has 94 valence electrons. The van der Waals surface area contributed by atoms with Crippen LogP contribution in [0.5, 0.6) is 0 Å². The molecule has 17 heavy (non-hydrogen) atoms. The second kappa shape index (κ2) is 5.80. The van der Waals surface area contributed by atoms with E-state index in [1.807, 2.05) is 6.07 Å². The van der Waals surface area contributed by atoms with Crippen LogP contribution in [0.2, 0.25) is 5.02 Å². The Morgan fingerprint density at radius 1 is 1.41 bits per heavy atom. The standard InChI is InChI=1S/C13H18ClFN2/c14-13-10(6-3-7-11(13)15)8-12(17-16)9-4-1-2-5-9/h3,6-7,9,12,17H,1-2,4-5,8,16H2. The molecule has 2 rings (SSSR count). The maximum absolute atomic E-state index is 13.3. The van der Waals surface area contributed by atoms with E-state index in [9.17, 15) is 4.39 Å². The van der Waals surface area contributed by atoms with Crippen molar-refractivity contribution < 1.29 is 4.39 Å². The quantitative estimate of drug-likeness (QED) is 0.642. The predicted molar refractivity (Wildman–Crippen MR) is 68.2 cm³/mol. The first-order chi connectivity index (χ1) is 8.22. The van der Waals surface area contributed by atoms with Crippen molar-refractivity contribution in [1.29, 1.82) is 0 Å². The molecule has 1 unspecified atom stereocenters. The number of hydrogen-bond acceptors (Lipinski definition) is 2. The van der Waals surface area contributed by atoms with Gasteiger partial charge in [0.15, 0.2) is 0 Å². The normalized spacial score (nSPS) is 18.5. The Balaban J connectivity index is 2.09. The third kappa shape index (κ3) is 2.97. The molecular weight excluding hydrogens is 239 g/mol. The molecule has 3 N–H and O–H groups in total. The van der Waals surface area contributed by atoms with Gasteiger partial charge in [0.25, 0.3) is 0 Å².